The highest BCUT2D eigenvalue weighted by Crippen LogP contribution is 2.29. The van der Waals surface area contributed by atoms with Gasteiger partial charge >= 0.3 is 0 Å². The number of rotatable bonds is 6. The van der Waals surface area contributed by atoms with Gasteiger partial charge in [0.05, 0.1) is 9.82 Å². The zero-order valence-corrected chi connectivity index (χ0v) is 15.6. The molecular weight excluding hydrogens is 368 g/mol. The van der Waals surface area contributed by atoms with E-state index in [-0.39, 0.29) is 16.6 Å². The number of nitro benzene ring substituents is 1. The van der Waals surface area contributed by atoms with Crippen LogP contribution in [0, 0.1) is 10.1 Å². The van der Waals surface area contributed by atoms with Gasteiger partial charge in [0.25, 0.3) is 5.69 Å². The van der Waals surface area contributed by atoms with Crippen molar-refractivity contribution in [3.05, 3.63) is 70.3 Å². The Labute approximate surface area is 158 Å². The van der Waals surface area contributed by atoms with Gasteiger partial charge in [0.1, 0.15) is 0 Å². The van der Waals surface area contributed by atoms with Gasteiger partial charge in [0.2, 0.25) is 10.0 Å². The summed E-state index contributed by atoms with van der Waals surface area (Å²) in [5.41, 5.74) is 6.62. The van der Waals surface area contributed by atoms with Gasteiger partial charge in [-0.3, -0.25) is 15.0 Å². The van der Waals surface area contributed by atoms with E-state index in [1.54, 1.807) is 0 Å². The lowest BCUT2D eigenvalue weighted by Gasteiger charge is -2.41. The molecule has 144 valence electrons. The largest absolute Gasteiger partial charge is 0.329 e. The van der Waals surface area contributed by atoms with Gasteiger partial charge in [-0.1, -0.05) is 30.3 Å². The van der Waals surface area contributed by atoms with Crippen LogP contribution in [0.5, 0.6) is 0 Å². The third kappa shape index (κ3) is 4.16. The highest BCUT2D eigenvalue weighted by molar-refractivity contribution is 7.89. The van der Waals surface area contributed by atoms with Crippen molar-refractivity contribution in [2.45, 2.75) is 10.9 Å². The van der Waals surface area contributed by atoms with E-state index >= 15 is 0 Å². The number of benzene rings is 2. The van der Waals surface area contributed by atoms with Crippen molar-refractivity contribution in [2.75, 3.05) is 32.7 Å². The summed E-state index contributed by atoms with van der Waals surface area (Å²) in [6.07, 6.45) is 0. The Balaban J connectivity index is 1.86. The van der Waals surface area contributed by atoms with Crippen LogP contribution in [0.15, 0.2) is 59.5 Å². The van der Waals surface area contributed by atoms with Crippen LogP contribution >= 0.6 is 0 Å². The molecule has 3 rings (SSSR count). The fourth-order valence-corrected chi connectivity index (χ4v) is 4.77. The number of nitro groups is 1. The Morgan fingerprint density at radius 3 is 2.33 bits per heavy atom. The minimum Gasteiger partial charge on any atom is -0.329 e. The van der Waals surface area contributed by atoms with E-state index in [0.29, 0.717) is 32.7 Å². The van der Waals surface area contributed by atoms with Crippen LogP contribution in [0.4, 0.5) is 5.69 Å². The molecule has 0 amide bonds. The lowest BCUT2D eigenvalue weighted by Crippen LogP contribution is -2.51. The standard InChI is InChI=1S/C18H22N4O4S/c19-10-11-20-12-13-21(14-18(20)15-4-2-1-3-5-15)27(25,26)17-8-6-16(7-9-17)22(23)24/h1-9,18H,10-14,19H2. The van der Waals surface area contributed by atoms with Gasteiger partial charge in [-0.25, -0.2) is 8.42 Å². The summed E-state index contributed by atoms with van der Waals surface area (Å²) in [7, 11) is -3.73. The Morgan fingerprint density at radius 2 is 1.74 bits per heavy atom. The van der Waals surface area contributed by atoms with E-state index in [0.717, 1.165) is 5.56 Å². The van der Waals surface area contributed by atoms with Crippen molar-refractivity contribution < 1.29 is 13.3 Å². The second-order valence-corrected chi connectivity index (χ2v) is 8.30. The molecule has 0 saturated carbocycles. The fourth-order valence-electron chi connectivity index (χ4n) is 3.33. The number of hydrogen-bond acceptors (Lipinski definition) is 6. The van der Waals surface area contributed by atoms with Crippen molar-refractivity contribution in [3.8, 4) is 0 Å². The molecule has 1 heterocycles. The maximum absolute atomic E-state index is 13.0. The van der Waals surface area contributed by atoms with Crippen LogP contribution in [0.2, 0.25) is 0 Å². The van der Waals surface area contributed by atoms with E-state index in [1.807, 2.05) is 30.3 Å². The first-order chi connectivity index (χ1) is 12.9. The average Bonchev–Trinajstić information content (AvgIpc) is 2.69. The molecule has 9 heteroatoms. The van der Waals surface area contributed by atoms with Crippen LogP contribution < -0.4 is 5.73 Å². The summed E-state index contributed by atoms with van der Waals surface area (Å²) in [4.78, 5) is 12.5. The summed E-state index contributed by atoms with van der Waals surface area (Å²) in [5.74, 6) is 0. The molecule has 1 aliphatic heterocycles. The van der Waals surface area contributed by atoms with Crippen LogP contribution in [0.1, 0.15) is 11.6 Å². The van der Waals surface area contributed by atoms with Crippen molar-refractivity contribution in [1.82, 2.24) is 9.21 Å². The number of hydrogen-bond donors (Lipinski definition) is 1. The van der Waals surface area contributed by atoms with E-state index < -0.39 is 14.9 Å². The molecule has 0 bridgehead atoms. The maximum atomic E-state index is 13.0. The third-order valence-corrected chi connectivity index (χ3v) is 6.62. The van der Waals surface area contributed by atoms with Crippen molar-refractivity contribution >= 4 is 15.7 Å². The molecule has 1 unspecified atom stereocenters. The molecule has 1 saturated heterocycles. The van der Waals surface area contributed by atoms with Gasteiger partial charge in [-0.15, -0.1) is 0 Å². The molecule has 0 radical (unpaired) electrons. The van der Waals surface area contributed by atoms with E-state index in [2.05, 4.69) is 4.90 Å². The van der Waals surface area contributed by atoms with Crippen molar-refractivity contribution in [3.63, 3.8) is 0 Å². The maximum Gasteiger partial charge on any atom is 0.269 e. The number of piperazine rings is 1. The third-order valence-electron chi connectivity index (χ3n) is 4.74. The summed E-state index contributed by atoms with van der Waals surface area (Å²) in [6, 6.07) is 14.7. The summed E-state index contributed by atoms with van der Waals surface area (Å²) in [6.45, 7) is 2.42. The van der Waals surface area contributed by atoms with E-state index in [9.17, 15) is 18.5 Å². The molecule has 0 spiro atoms. The topological polar surface area (TPSA) is 110 Å². The van der Waals surface area contributed by atoms with Crippen molar-refractivity contribution in [2.24, 2.45) is 5.73 Å². The minimum atomic E-state index is -3.73. The fraction of sp³-hybridized carbons (Fsp3) is 0.333. The number of nitrogens with two attached hydrogens (primary N) is 1. The van der Waals surface area contributed by atoms with Crippen molar-refractivity contribution in [1.29, 1.82) is 0 Å². The average molecular weight is 390 g/mol. The van der Waals surface area contributed by atoms with E-state index in [4.69, 9.17) is 5.73 Å². The first kappa shape index (κ1) is 19.4. The number of nitrogens with zero attached hydrogens (tertiary/aromatic N) is 3. The molecular formula is C18H22N4O4S. The summed E-state index contributed by atoms with van der Waals surface area (Å²) >= 11 is 0. The first-order valence-corrected chi connectivity index (χ1v) is 10.1. The molecule has 1 aliphatic rings. The highest BCUT2D eigenvalue weighted by Gasteiger charge is 2.34. The first-order valence-electron chi connectivity index (χ1n) is 8.67. The second-order valence-electron chi connectivity index (χ2n) is 6.37. The molecule has 2 N–H and O–H groups in total. The Bertz CT molecular complexity index is 887. The Hall–Kier alpha value is -2.33. The molecule has 1 atom stereocenters. The summed E-state index contributed by atoms with van der Waals surface area (Å²) < 4.78 is 27.5. The summed E-state index contributed by atoms with van der Waals surface area (Å²) in [5, 5.41) is 10.8. The molecule has 27 heavy (non-hydrogen) atoms. The smallest absolute Gasteiger partial charge is 0.269 e. The second kappa shape index (κ2) is 8.13. The Morgan fingerprint density at radius 1 is 1.07 bits per heavy atom. The van der Waals surface area contributed by atoms with Gasteiger partial charge < -0.3 is 5.73 Å². The molecule has 1 fully saturated rings. The van der Waals surface area contributed by atoms with Crippen LogP contribution in [0.3, 0.4) is 0 Å². The van der Waals surface area contributed by atoms with Gasteiger partial charge in [-0.2, -0.15) is 4.31 Å². The molecule has 8 nitrogen and oxygen atoms in total. The Kier molecular flexibility index (Phi) is 5.85. The zero-order chi connectivity index (χ0) is 19.4. The quantitative estimate of drug-likeness (QED) is 0.593. The molecule has 0 aliphatic carbocycles. The zero-order valence-electron chi connectivity index (χ0n) is 14.8. The van der Waals surface area contributed by atoms with Crippen LogP contribution in [-0.4, -0.2) is 55.3 Å². The van der Waals surface area contributed by atoms with E-state index in [1.165, 1.54) is 28.6 Å². The highest BCUT2D eigenvalue weighted by atomic mass is 32.2. The molecule has 2 aromatic carbocycles. The lowest BCUT2D eigenvalue weighted by atomic mass is 10.0. The number of non-ortho nitro benzene ring substituents is 1. The molecule has 0 aromatic heterocycles. The SMILES string of the molecule is NCCN1CCN(S(=O)(=O)c2ccc([N+](=O)[O-])cc2)CC1c1ccccc1. The van der Waals surface area contributed by atoms with Gasteiger partial charge in [0.15, 0.2) is 0 Å². The minimum absolute atomic E-state index is 0.0622. The van der Waals surface area contributed by atoms with Gasteiger partial charge in [-0.05, 0) is 17.7 Å². The predicted molar refractivity (Wildman–Crippen MR) is 102 cm³/mol. The monoisotopic (exact) mass is 390 g/mol. The van der Waals surface area contributed by atoms with Crippen LogP contribution in [0.25, 0.3) is 0 Å². The number of sulfonamides is 1. The lowest BCUT2D eigenvalue weighted by molar-refractivity contribution is -0.384. The normalized spacial score (nSPS) is 19.1. The van der Waals surface area contributed by atoms with Crippen LogP contribution in [-0.2, 0) is 10.0 Å². The van der Waals surface area contributed by atoms with Gasteiger partial charge in [0, 0.05) is 50.9 Å². The molecule has 2 aromatic rings. The predicted octanol–water partition coefficient (Wildman–Crippen LogP) is 1.60.